The molecule has 1 unspecified atom stereocenters. The molecule has 1 atom stereocenters. The van der Waals surface area contributed by atoms with E-state index in [4.69, 9.17) is 4.74 Å². The van der Waals surface area contributed by atoms with Gasteiger partial charge in [-0.2, -0.15) is 0 Å². The van der Waals surface area contributed by atoms with E-state index in [0.29, 0.717) is 25.3 Å². The average Bonchev–Trinajstić information content (AvgIpc) is 3.06. The van der Waals surface area contributed by atoms with Crippen molar-refractivity contribution in [3.05, 3.63) is 11.9 Å². The maximum absolute atomic E-state index is 12.0. The normalized spacial score (nSPS) is 18.4. The minimum absolute atomic E-state index is 0.256. The van der Waals surface area contributed by atoms with Crippen LogP contribution in [0, 0.1) is 5.92 Å². The number of aromatic nitrogens is 3. The fraction of sp³-hybridized carbons (Fsp3) is 0.714. The van der Waals surface area contributed by atoms with Crippen molar-refractivity contribution in [1.82, 2.24) is 25.2 Å². The summed E-state index contributed by atoms with van der Waals surface area (Å²) in [5.41, 5.74) is -0.187. The fourth-order valence-corrected chi connectivity index (χ4v) is 2.36. The Morgan fingerprint density at radius 1 is 1.45 bits per heavy atom. The van der Waals surface area contributed by atoms with E-state index >= 15 is 0 Å². The zero-order valence-electron chi connectivity index (χ0n) is 13.5. The molecule has 0 bridgehead atoms. The molecule has 0 aromatic carbocycles. The van der Waals surface area contributed by atoms with Crippen molar-refractivity contribution in [3.63, 3.8) is 0 Å². The van der Waals surface area contributed by atoms with E-state index in [1.165, 1.54) is 0 Å². The van der Waals surface area contributed by atoms with Gasteiger partial charge in [0.05, 0.1) is 6.20 Å². The van der Waals surface area contributed by atoms with Crippen LogP contribution in [0.15, 0.2) is 6.20 Å². The molecule has 8 heteroatoms. The highest BCUT2D eigenvalue weighted by Gasteiger charge is 2.30. The van der Waals surface area contributed by atoms with Gasteiger partial charge in [-0.1, -0.05) is 5.21 Å². The van der Waals surface area contributed by atoms with E-state index in [1.807, 2.05) is 20.8 Å². The van der Waals surface area contributed by atoms with Gasteiger partial charge >= 0.3 is 6.09 Å². The maximum atomic E-state index is 12.0. The Morgan fingerprint density at radius 2 is 2.18 bits per heavy atom. The predicted octanol–water partition coefficient (Wildman–Crippen LogP) is 0.895. The van der Waals surface area contributed by atoms with E-state index in [1.54, 1.807) is 22.8 Å². The van der Waals surface area contributed by atoms with Gasteiger partial charge in [-0.3, -0.25) is 9.48 Å². The van der Waals surface area contributed by atoms with Crippen molar-refractivity contribution in [3.8, 4) is 0 Å². The van der Waals surface area contributed by atoms with Crippen LogP contribution in [-0.2, 0) is 11.3 Å². The highest BCUT2D eigenvalue weighted by Crippen LogP contribution is 2.20. The van der Waals surface area contributed by atoms with E-state index < -0.39 is 5.60 Å². The molecule has 1 aromatic heterocycles. The number of likely N-dealkylation sites (tertiary alicyclic amines) is 1. The Kier molecular flexibility index (Phi) is 4.68. The van der Waals surface area contributed by atoms with Gasteiger partial charge in [0.2, 0.25) is 0 Å². The summed E-state index contributed by atoms with van der Waals surface area (Å²) < 4.78 is 7.02. The van der Waals surface area contributed by atoms with Crippen LogP contribution >= 0.6 is 0 Å². The summed E-state index contributed by atoms with van der Waals surface area (Å²) in [6.45, 7) is 7.50. The molecule has 1 N–H and O–H groups in total. The molecule has 22 heavy (non-hydrogen) atoms. The van der Waals surface area contributed by atoms with Gasteiger partial charge in [0.1, 0.15) is 5.60 Å². The van der Waals surface area contributed by atoms with Crippen LogP contribution in [0.3, 0.4) is 0 Å². The molecular weight excluding hydrogens is 286 g/mol. The van der Waals surface area contributed by atoms with Gasteiger partial charge in [-0.15, -0.1) is 5.10 Å². The number of hydrogen-bond donors (Lipinski definition) is 1. The first-order chi connectivity index (χ1) is 10.3. The molecule has 2 rings (SSSR count). The predicted molar refractivity (Wildman–Crippen MR) is 79.3 cm³/mol. The van der Waals surface area contributed by atoms with Gasteiger partial charge in [-0.25, -0.2) is 4.79 Å². The lowest BCUT2D eigenvalue weighted by Gasteiger charge is -2.24. The molecule has 1 aliphatic rings. The second-order valence-corrected chi connectivity index (χ2v) is 6.49. The van der Waals surface area contributed by atoms with Crippen LogP contribution < -0.4 is 5.32 Å². The molecule has 1 saturated heterocycles. The van der Waals surface area contributed by atoms with E-state index in [2.05, 4.69) is 15.6 Å². The quantitative estimate of drug-likeness (QED) is 0.896. The Hall–Kier alpha value is -2.12. The summed E-state index contributed by atoms with van der Waals surface area (Å²) in [6.07, 6.45) is 2.23. The van der Waals surface area contributed by atoms with Crippen LogP contribution in [0.5, 0.6) is 0 Å². The lowest BCUT2D eigenvalue weighted by Crippen LogP contribution is -2.35. The third-order valence-corrected chi connectivity index (χ3v) is 3.38. The van der Waals surface area contributed by atoms with Gasteiger partial charge < -0.3 is 15.0 Å². The molecule has 0 saturated carbocycles. The Balaban J connectivity index is 1.87. The monoisotopic (exact) mass is 309 g/mol. The number of ether oxygens (including phenoxy) is 1. The first-order valence-corrected chi connectivity index (χ1v) is 7.38. The van der Waals surface area contributed by atoms with Crippen LogP contribution in [-0.4, -0.2) is 57.6 Å². The molecule has 0 aliphatic carbocycles. The second-order valence-electron chi connectivity index (χ2n) is 6.49. The van der Waals surface area contributed by atoms with E-state index in [0.717, 1.165) is 6.42 Å². The summed E-state index contributed by atoms with van der Waals surface area (Å²) in [4.78, 5) is 25.2. The smallest absolute Gasteiger partial charge is 0.410 e. The van der Waals surface area contributed by atoms with Crippen molar-refractivity contribution in [2.24, 2.45) is 5.92 Å². The van der Waals surface area contributed by atoms with Gasteiger partial charge in [0.25, 0.3) is 5.91 Å². The van der Waals surface area contributed by atoms with E-state index in [-0.39, 0.29) is 17.9 Å². The summed E-state index contributed by atoms with van der Waals surface area (Å²) in [7, 11) is 1.55. The minimum atomic E-state index is -0.483. The minimum Gasteiger partial charge on any atom is -0.444 e. The fourth-order valence-electron chi connectivity index (χ4n) is 2.36. The molecule has 0 radical (unpaired) electrons. The van der Waals surface area contributed by atoms with Gasteiger partial charge in [-0.05, 0) is 33.1 Å². The molecule has 122 valence electrons. The highest BCUT2D eigenvalue weighted by molar-refractivity contribution is 5.91. The number of rotatable bonds is 3. The molecule has 2 heterocycles. The van der Waals surface area contributed by atoms with E-state index in [9.17, 15) is 9.59 Å². The molecule has 1 aromatic rings. The van der Waals surface area contributed by atoms with Crippen LogP contribution in [0.2, 0.25) is 0 Å². The zero-order valence-corrected chi connectivity index (χ0v) is 13.5. The lowest BCUT2D eigenvalue weighted by atomic mass is 10.1. The number of nitrogens with one attached hydrogen (secondary N) is 1. The molecule has 1 fully saturated rings. The molecule has 8 nitrogen and oxygen atoms in total. The van der Waals surface area contributed by atoms with Crippen LogP contribution in [0.25, 0.3) is 0 Å². The number of hydrogen-bond acceptors (Lipinski definition) is 5. The molecule has 1 aliphatic heterocycles. The Morgan fingerprint density at radius 3 is 2.82 bits per heavy atom. The third kappa shape index (κ3) is 4.19. The van der Waals surface area contributed by atoms with Crippen LogP contribution in [0.1, 0.15) is 37.7 Å². The second kappa shape index (κ2) is 6.33. The topological polar surface area (TPSA) is 89.4 Å². The number of carbonyl (C=O) groups is 2. The van der Waals surface area contributed by atoms with Crippen LogP contribution in [0.4, 0.5) is 4.79 Å². The van der Waals surface area contributed by atoms with Crippen molar-refractivity contribution >= 4 is 12.0 Å². The zero-order chi connectivity index (χ0) is 16.3. The van der Waals surface area contributed by atoms with Crippen molar-refractivity contribution in [2.45, 2.75) is 39.3 Å². The maximum Gasteiger partial charge on any atom is 0.410 e. The van der Waals surface area contributed by atoms with Crippen molar-refractivity contribution in [2.75, 3.05) is 20.1 Å². The first-order valence-electron chi connectivity index (χ1n) is 7.38. The average molecular weight is 309 g/mol. The standard InChI is InChI=1S/C14H23N5O3/c1-14(2,3)22-13(21)18-6-5-10(7-18)8-19-9-11(16-17-19)12(20)15-4/h9-10H,5-8H2,1-4H3,(H,15,20). The SMILES string of the molecule is CNC(=O)c1cn(CC2CCN(C(=O)OC(C)(C)C)C2)nn1. The Bertz CT molecular complexity index is 549. The van der Waals surface area contributed by atoms with Crippen molar-refractivity contribution in [1.29, 1.82) is 0 Å². The van der Waals surface area contributed by atoms with Crippen molar-refractivity contribution < 1.29 is 14.3 Å². The number of amides is 2. The van der Waals surface area contributed by atoms with Gasteiger partial charge in [0, 0.05) is 26.7 Å². The third-order valence-electron chi connectivity index (χ3n) is 3.38. The molecule has 2 amide bonds. The summed E-state index contributed by atoms with van der Waals surface area (Å²) in [6, 6.07) is 0. The summed E-state index contributed by atoms with van der Waals surface area (Å²) in [5, 5.41) is 10.3. The number of nitrogens with zero attached hydrogens (tertiary/aromatic N) is 4. The molecule has 0 spiro atoms. The lowest BCUT2D eigenvalue weighted by molar-refractivity contribution is 0.0286. The largest absolute Gasteiger partial charge is 0.444 e. The Labute approximate surface area is 129 Å². The summed E-state index contributed by atoms with van der Waals surface area (Å²) in [5.74, 6) is 0.0276. The highest BCUT2D eigenvalue weighted by atomic mass is 16.6. The van der Waals surface area contributed by atoms with Gasteiger partial charge in [0.15, 0.2) is 5.69 Å². The first kappa shape index (κ1) is 16.3. The molecular formula is C14H23N5O3. The summed E-state index contributed by atoms with van der Waals surface area (Å²) >= 11 is 0. The number of carbonyl (C=O) groups excluding carboxylic acids is 2.